The van der Waals surface area contributed by atoms with Gasteiger partial charge in [0, 0.05) is 16.2 Å². The summed E-state index contributed by atoms with van der Waals surface area (Å²) < 4.78 is 14.4. The first-order chi connectivity index (χ1) is 8.56. The van der Waals surface area contributed by atoms with E-state index in [-0.39, 0.29) is 5.56 Å². The topological polar surface area (TPSA) is 42.0 Å². The highest BCUT2D eigenvalue weighted by molar-refractivity contribution is 9.10. The Balaban J connectivity index is 2.16. The van der Waals surface area contributed by atoms with Crippen molar-refractivity contribution in [3.63, 3.8) is 0 Å². The summed E-state index contributed by atoms with van der Waals surface area (Å²) >= 11 is 6.27. The van der Waals surface area contributed by atoms with E-state index in [9.17, 15) is 9.18 Å². The van der Waals surface area contributed by atoms with Crippen LogP contribution < -0.4 is 5.32 Å². The molecule has 0 aliphatic carbocycles. The zero-order valence-electron chi connectivity index (χ0n) is 8.95. The SMILES string of the molecule is O=C(Nc1ccc(Br)cn1)c1ccc(Br)c(F)c1. The normalized spacial score (nSPS) is 10.2. The molecule has 3 nitrogen and oxygen atoms in total. The molecule has 2 rings (SSSR count). The maximum absolute atomic E-state index is 13.3. The molecule has 1 amide bonds. The van der Waals surface area contributed by atoms with E-state index in [0.717, 1.165) is 10.5 Å². The minimum atomic E-state index is -0.480. The minimum absolute atomic E-state index is 0.236. The molecule has 0 spiro atoms. The van der Waals surface area contributed by atoms with Crippen LogP contribution in [0.3, 0.4) is 0 Å². The van der Waals surface area contributed by atoms with Crippen LogP contribution in [0.2, 0.25) is 0 Å². The third-order valence-electron chi connectivity index (χ3n) is 2.15. The summed E-state index contributed by atoms with van der Waals surface area (Å²) in [6.45, 7) is 0. The largest absolute Gasteiger partial charge is 0.307 e. The number of carbonyl (C=O) groups excluding carboxylic acids is 1. The molecular formula is C12H7Br2FN2O. The van der Waals surface area contributed by atoms with Crippen LogP contribution in [0, 0.1) is 5.82 Å². The molecule has 0 radical (unpaired) electrons. The summed E-state index contributed by atoms with van der Waals surface area (Å²) in [4.78, 5) is 15.8. The van der Waals surface area contributed by atoms with Crippen molar-refractivity contribution in [2.75, 3.05) is 5.32 Å². The summed E-state index contributed by atoms with van der Waals surface area (Å²) in [6.07, 6.45) is 1.57. The quantitative estimate of drug-likeness (QED) is 0.864. The number of nitrogens with one attached hydrogen (secondary N) is 1. The molecule has 1 N–H and O–H groups in total. The maximum Gasteiger partial charge on any atom is 0.256 e. The van der Waals surface area contributed by atoms with Crippen molar-refractivity contribution in [1.82, 2.24) is 4.98 Å². The Morgan fingerprint density at radius 1 is 1.22 bits per heavy atom. The Morgan fingerprint density at radius 2 is 2.00 bits per heavy atom. The number of rotatable bonds is 2. The van der Waals surface area contributed by atoms with Gasteiger partial charge in [-0.3, -0.25) is 4.79 Å². The Kier molecular flexibility index (Phi) is 4.08. The molecule has 0 saturated carbocycles. The van der Waals surface area contributed by atoms with Gasteiger partial charge < -0.3 is 5.32 Å². The number of pyridine rings is 1. The first-order valence-electron chi connectivity index (χ1n) is 4.94. The second-order valence-electron chi connectivity index (χ2n) is 3.44. The van der Waals surface area contributed by atoms with Gasteiger partial charge in [0.25, 0.3) is 5.91 Å². The molecule has 1 aromatic heterocycles. The monoisotopic (exact) mass is 372 g/mol. The van der Waals surface area contributed by atoms with Gasteiger partial charge in [0.15, 0.2) is 0 Å². The van der Waals surface area contributed by atoms with E-state index in [2.05, 4.69) is 42.2 Å². The predicted octanol–water partition coefficient (Wildman–Crippen LogP) is 4.00. The number of halogens is 3. The van der Waals surface area contributed by atoms with Gasteiger partial charge in [0.2, 0.25) is 0 Å². The number of hydrogen-bond acceptors (Lipinski definition) is 2. The maximum atomic E-state index is 13.3. The number of benzene rings is 1. The summed E-state index contributed by atoms with van der Waals surface area (Å²) in [6, 6.07) is 7.58. The highest BCUT2D eigenvalue weighted by atomic mass is 79.9. The summed E-state index contributed by atoms with van der Waals surface area (Å²) in [5, 5.41) is 2.58. The average molecular weight is 374 g/mol. The number of nitrogens with zero attached hydrogens (tertiary/aromatic N) is 1. The minimum Gasteiger partial charge on any atom is -0.307 e. The second-order valence-corrected chi connectivity index (χ2v) is 5.21. The molecular weight excluding hydrogens is 367 g/mol. The Hall–Kier alpha value is -1.27. The standard InChI is InChI=1S/C12H7Br2FN2O/c13-8-2-4-11(16-6-8)17-12(18)7-1-3-9(14)10(15)5-7/h1-6H,(H,16,17,18). The second kappa shape index (κ2) is 5.58. The van der Waals surface area contributed by atoms with Crippen molar-refractivity contribution in [3.8, 4) is 0 Å². The predicted molar refractivity (Wildman–Crippen MR) is 74.0 cm³/mol. The average Bonchev–Trinajstić information content (AvgIpc) is 2.35. The van der Waals surface area contributed by atoms with Gasteiger partial charge in [-0.25, -0.2) is 9.37 Å². The van der Waals surface area contributed by atoms with Crippen molar-refractivity contribution >= 4 is 43.6 Å². The van der Waals surface area contributed by atoms with Crippen molar-refractivity contribution in [2.45, 2.75) is 0 Å². The van der Waals surface area contributed by atoms with Gasteiger partial charge >= 0.3 is 0 Å². The molecule has 6 heteroatoms. The van der Waals surface area contributed by atoms with Crippen molar-refractivity contribution in [1.29, 1.82) is 0 Å². The number of anilines is 1. The zero-order chi connectivity index (χ0) is 13.1. The van der Waals surface area contributed by atoms with E-state index in [4.69, 9.17) is 0 Å². The van der Waals surface area contributed by atoms with Gasteiger partial charge in [0.05, 0.1) is 4.47 Å². The van der Waals surface area contributed by atoms with Crippen LogP contribution in [0.1, 0.15) is 10.4 Å². The lowest BCUT2D eigenvalue weighted by Gasteiger charge is -2.05. The third-order valence-corrected chi connectivity index (χ3v) is 3.26. The third kappa shape index (κ3) is 3.14. The first-order valence-corrected chi connectivity index (χ1v) is 6.53. The molecule has 0 aliphatic rings. The molecule has 1 heterocycles. The van der Waals surface area contributed by atoms with Gasteiger partial charge in [-0.05, 0) is 62.2 Å². The molecule has 0 saturated heterocycles. The van der Waals surface area contributed by atoms with E-state index in [1.165, 1.54) is 12.1 Å². The van der Waals surface area contributed by atoms with Crippen LogP contribution in [0.5, 0.6) is 0 Å². The van der Waals surface area contributed by atoms with Crippen molar-refractivity contribution < 1.29 is 9.18 Å². The number of hydrogen-bond donors (Lipinski definition) is 1. The summed E-state index contributed by atoms with van der Waals surface area (Å²) in [5.41, 5.74) is 0.236. The van der Waals surface area contributed by atoms with Crippen LogP contribution in [-0.2, 0) is 0 Å². The molecule has 92 valence electrons. The number of aromatic nitrogens is 1. The van der Waals surface area contributed by atoms with Crippen LogP contribution in [-0.4, -0.2) is 10.9 Å². The molecule has 1 aromatic carbocycles. The van der Waals surface area contributed by atoms with Crippen molar-refractivity contribution in [3.05, 3.63) is 56.9 Å². The Morgan fingerprint density at radius 3 is 2.61 bits per heavy atom. The lowest BCUT2D eigenvalue weighted by Crippen LogP contribution is -2.13. The van der Waals surface area contributed by atoms with Crippen molar-refractivity contribution in [2.24, 2.45) is 0 Å². The number of carbonyl (C=O) groups is 1. The number of amides is 1. The van der Waals surface area contributed by atoms with Crippen LogP contribution in [0.4, 0.5) is 10.2 Å². The summed E-state index contributed by atoms with van der Waals surface area (Å²) in [7, 11) is 0. The van der Waals surface area contributed by atoms with E-state index in [1.807, 2.05) is 0 Å². The van der Waals surface area contributed by atoms with Gasteiger partial charge in [0.1, 0.15) is 11.6 Å². The van der Waals surface area contributed by atoms with Crippen LogP contribution in [0.15, 0.2) is 45.5 Å². The highest BCUT2D eigenvalue weighted by Crippen LogP contribution is 2.17. The van der Waals surface area contributed by atoms with E-state index >= 15 is 0 Å². The van der Waals surface area contributed by atoms with Gasteiger partial charge in [-0.2, -0.15) is 0 Å². The highest BCUT2D eigenvalue weighted by Gasteiger charge is 2.09. The van der Waals surface area contributed by atoms with Gasteiger partial charge in [-0.1, -0.05) is 0 Å². The zero-order valence-corrected chi connectivity index (χ0v) is 12.1. The van der Waals surface area contributed by atoms with E-state index in [1.54, 1.807) is 18.3 Å². The van der Waals surface area contributed by atoms with Crippen LogP contribution in [0.25, 0.3) is 0 Å². The Labute approximate surface area is 120 Å². The molecule has 0 unspecified atom stereocenters. The fourth-order valence-electron chi connectivity index (χ4n) is 1.28. The molecule has 2 aromatic rings. The first kappa shape index (κ1) is 13.2. The lowest BCUT2D eigenvalue weighted by molar-refractivity contribution is 0.102. The van der Waals surface area contributed by atoms with E-state index < -0.39 is 11.7 Å². The lowest BCUT2D eigenvalue weighted by atomic mass is 10.2. The van der Waals surface area contributed by atoms with Gasteiger partial charge in [-0.15, -0.1) is 0 Å². The smallest absolute Gasteiger partial charge is 0.256 e. The summed E-state index contributed by atoms with van der Waals surface area (Å²) in [5.74, 6) is -0.478. The molecule has 0 fully saturated rings. The molecule has 0 atom stereocenters. The molecule has 0 bridgehead atoms. The van der Waals surface area contributed by atoms with Crippen LogP contribution >= 0.6 is 31.9 Å². The molecule has 18 heavy (non-hydrogen) atoms. The Bertz CT molecular complexity index is 587. The fraction of sp³-hybridized carbons (Fsp3) is 0. The fourth-order valence-corrected chi connectivity index (χ4v) is 1.76. The molecule has 0 aliphatic heterocycles. The van der Waals surface area contributed by atoms with E-state index in [0.29, 0.717) is 10.3 Å².